The number of amides is 1. The van der Waals surface area contributed by atoms with Crippen LogP contribution >= 0.6 is 0 Å². The van der Waals surface area contributed by atoms with Gasteiger partial charge in [0.05, 0.1) is 19.4 Å². The molecule has 0 aromatic carbocycles. The van der Waals surface area contributed by atoms with Crippen molar-refractivity contribution >= 4 is 5.91 Å². The van der Waals surface area contributed by atoms with E-state index >= 15 is 0 Å². The maximum atomic E-state index is 11.7. The predicted octanol–water partition coefficient (Wildman–Crippen LogP) is 1.04. The molecule has 0 unspecified atom stereocenters. The summed E-state index contributed by atoms with van der Waals surface area (Å²) < 4.78 is 10.3. The van der Waals surface area contributed by atoms with Crippen molar-refractivity contribution in [3.8, 4) is 11.6 Å². The summed E-state index contributed by atoms with van der Waals surface area (Å²) in [5.41, 5.74) is 0. The van der Waals surface area contributed by atoms with Gasteiger partial charge in [-0.25, -0.2) is 0 Å². The van der Waals surface area contributed by atoms with Gasteiger partial charge in [-0.15, -0.1) is 0 Å². The van der Waals surface area contributed by atoms with Gasteiger partial charge >= 0.3 is 0 Å². The first-order valence-corrected chi connectivity index (χ1v) is 6.55. The summed E-state index contributed by atoms with van der Waals surface area (Å²) in [4.78, 5) is 17.7. The van der Waals surface area contributed by atoms with Gasteiger partial charge < -0.3 is 14.3 Å². The largest absolute Gasteiger partial charge is 0.461 e. The van der Waals surface area contributed by atoms with E-state index < -0.39 is 0 Å². The first-order valence-electron chi connectivity index (χ1n) is 6.55. The van der Waals surface area contributed by atoms with Crippen LogP contribution in [0.25, 0.3) is 11.6 Å². The Labute approximate surface area is 115 Å². The molecule has 1 fully saturated rings. The zero-order chi connectivity index (χ0) is 13.9. The molecule has 1 saturated carbocycles. The van der Waals surface area contributed by atoms with E-state index in [4.69, 9.17) is 8.94 Å². The van der Waals surface area contributed by atoms with Crippen molar-refractivity contribution in [2.75, 3.05) is 13.6 Å². The second kappa shape index (κ2) is 5.46. The van der Waals surface area contributed by atoms with E-state index in [9.17, 15) is 4.79 Å². The fourth-order valence-corrected chi connectivity index (χ4v) is 1.86. The summed E-state index contributed by atoms with van der Waals surface area (Å²) in [5, 5.41) is 6.78. The zero-order valence-corrected chi connectivity index (χ0v) is 11.2. The topological polar surface area (TPSA) is 84.4 Å². The summed E-state index contributed by atoms with van der Waals surface area (Å²) in [5.74, 6) is 1.47. The summed E-state index contributed by atoms with van der Waals surface area (Å²) >= 11 is 0. The number of nitrogens with zero attached hydrogens (tertiary/aromatic N) is 3. The quantitative estimate of drug-likeness (QED) is 0.848. The fourth-order valence-electron chi connectivity index (χ4n) is 1.86. The van der Waals surface area contributed by atoms with Gasteiger partial charge in [0.2, 0.25) is 17.6 Å². The average Bonchev–Trinajstić information content (AvgIpc) is 2.92. The Morgan fingerprint density at radius 3 is 3.10 bits per heavy atom. The smallest absolute Gasteiger partial charge is 0.241 e. The first kappa shape index (κ1) is 12.9. The van der Waals surface area contributed by atoms with Gasteiger partial charge in [-0.05, 0) is 32.0 Å². The van der Waals surface area contributed by atoms with Crippen molar-refractivity contribution in [1.29, 1.82) is 0 Å². The Morgan fingerprint density at radius 2 is 2.40 bits per heavy atom. The van der Waals surface area contributed by atoms with E-state index in [0.717, 1.165) is 12.8 Å². The van der Waals surface area contributed by atoms with E-state index in [2.05, 4.69) is 15.5 Å². The predicted molar refractivity (Wildman–Crippen MR) is 69.5 cm³/mol. The summed E-state index contributed by atoms with van der Waals surface area (Å²) in [6.45, 7) is 0.737. The van der Waals surface area contributed by atoms with Gasteiger partial charge in [0, 0.05) is 6.04 Å². The van der Waals surface area contributed by atoms with Crippen LogP contribution in [0, 0.1) is 0 Å². The minimum Gasteiger partial charge on any atom is -0.461 e. The molecule has 7 heteroatoms. The molecule has 20 heavy (non-hydrogen) atoms. The number of rotatable bonds is 6. The third kappa shape index (κ3) is 3.24. The highest BCUT2D eigenvalue weighted by molar-refractivity contribution is 5.78. The third-order valence-electron chi connectivity index (χ3n) is 2.97. The molecule has 2 heterocycles. The number of carbonyl (C=O) groups is 1. The monoisotopic (exact) mass is 276 g/mol. The number of carbonyl (C=O) groups excluding carboxylic acids is 1. The van der Waals surface area contributed by atoms with Crippen molar-refractivity contribution in [2.45, 2.75) is 25.4 Å². The Morgan fingerprint density at radius 1 is 1.55 bits per heavy atom. The van der Waals surface area contributed by atoms with Gasteiger partial charge in [0.25, 0.3) is 0 Å². The standard InChI is InChI=1S/C13H16N4O3/c1-17(7-11(18)14-9-4-5-9)8-12-15-13(16-20-12)10-3-2-6-19-10/h2-3,6,9H,4-5,7-8H2,1H3,(H,14,18). The van der Waals surface area contributed by atoms with Crippen LogP contribution in [0.15, 0.2) is 27.3 Å². The van der Waals surface area contributed by atoms with E-state index in [1.54, 1.807) is 18.4 Å². The van der Waals surface area contributed by atoms with Crippen LogP contribution in [0.4, 0.5) is 0 Å². The van der Waals surface area contributed by atoms with Gasteiger partial charge in [-0.3, -0.25) is 9.69 Å². The van der Waals surface area contributed by atoms with Crippen LogP contribution in [0.1, 0.15) is 18.7 Å². The molecule has 2 aromatic rings. The highest BCUT2D eigenvalue weighted by Crippen LogP contribution is 2.18. The van der Waals surface area contributed by atoms with Gasteiger partial charge in [0.1, 0.15) is 0 Å². The Bertz CT molecular complexity index is 574. The van der Waals surface area contributed by atoms with Crippen molar-refractivity contribution in [3.05, 3.63) is 24.3 Å². The van der Waals surface area contributed by atoms with Crippen LogP contribution in [0.5, 0.6) is 0 Å². The normalized spacial score (nSPS) is 14.7. The number of aromatic nitrogens is 2. The molecule has 0 bridgehead atoms. The molecule has 1 N–H and O–H groups in total. The summed E-state index contributed by atoms with van der Waals surface area (Å²) in [6.07, 6.45) is 3.73. The van der Waals surface area contributed by atoms with Crippen LogP contribution in [-0.4, -0.2) is 40.6 Å². The zero-order valence-electron chi connectivity index (χ0n) is 11.2. The van der Waals surface area contributed by atoms with Crippen LogP contribution in [0.3, 0.4) is 0 Å². The second-order valence-electron chi connectivity index (χ2n) is 5.00. The summed E-state index contributed by atoms with van der Waals surface area (Å²) in [6, 6.07) is 3.91. The molecule has 1 aliphatic carbocycles. The van der Waals surface area contributed by atoms with Crippen LogP contribution < -0.4 is 5.32 Å². The van der Waals surface area contributed by atoms with E-state index in [1.165, 1.54) is 0 Å². The van der Waals surface area contributed by atoms with E-state index in [1.807, 2.05) is 11.9 Å². The van der Waals surface area contributed by atoms with Crippen molar-refractivity contribution in [3.63, 3.8) is 0 Å². The average molecular weight is 276 g/mol. The SMILES string of the molecule is CN(CC(=O)NC1CC1)Cc1nc(-c2ccco2)no1. The lowest BCUT2D eigenvalue weighted by atomic mass is 10.4. The third-order valence-corrected chi connectivity index (χ3v) is 2.97. The van der Waals surface area contributed by atoms with Crippen molar-refractivity contribution in [1.82, 2.24) is 20.4 Å². The molecule has 3 rings (SSSR count). The minimum atomic E-state index is 0.0285. The number of nitrogens with one attached hydrogen (secondary N) is 1. The molecule has 106 valence electrons. The number of hydrogen-bond donors (Lipinski definition) is 1. The second-order valence-corrected chi connectivity index (χ2v) is 5.00. The highest BCUT2D eigenvalue weighted by atomic mass is 16.5. The molecule has 0 radical (unpaired) electrons. The highest BCUT2D eigenvalue weighted by Gasteiger charge is 2.23. The Hall–Kier alpha value is -2.15. The molecule has 0 saturated heterocycles. The van der Waals surface area contributed by atoms with Gasteiger partial charge in [0.15, 0.2) is 5.76 Å². The van der Waals surface area contributed by atoms with Crippen LogP contribution in [-0.2, 0) is 11.3 Å². The summed E-state index contributed by atoms with van der Waals surface area (Å²) in [7, 11) is 1.84. The lowest BCUT2D eigenvalue weighted by molar-refractivity contribution is -0.122. The Balaban J connectivity index is 1.53. The molecular weight excluding hydrogens is 260 g/mol. The molecule has 0 atom stereocenters. The van der Waals surface area contributed by atoms with Crippen molar-refractivity contribution in [2.24, 2.45) is 0 Å². The van der Waals surface area contributed by atoms with Crippen molar-refractivity contribution < 1.29 is 13.7 Å². The molecule has 1 aliphatic rings. The molecule has 7 nitrogen and oxygen atoms in total. The lowest BCUT2D eigenvalue weighted by Gasteiger charge is -2.13. The number of likely N-dealkylation sites (N-methyl/N-ethyl adjacent to an activating group) is 1. The Kier molecular flexibility index (Phi) is 3.51. The molecule has 2 aromatic heterocycles. The van der Waals surface area contributed by atoms with E-state index in [-0.39, 0.29) is 5.91 Å². The van der Waals surface area contributed by atoms with Gasteiger partial charge in [-0.2, -0.15) is 4.98 Å². The maximum absolute atomic E-state index is 11.7. The molecule has 0 spiro atoms. The lowest BCUT2D eigenvalue weighted by Crippen LogP contribution is -2.35. The van der Waals surface area contributed by atoms with Crippen LogP contribution in [0.2, 0.25) is 0 Å². The number of hydrogen-bond acceptors (Lipinski definition) is 6. The maximum Gasteiger partial charge on any atom is 0.241 e. The number of furan rings is 1. The molecular formula is C13H16N4O3. The van der Waals surface area contributed by atoms with Gasteiger partial charge in [-0.1, -0.05) is 5.16 Å². The fraction of sp³-hybridized carbons (Fsp3) is 0.462. The van der Waals surface area contributed by atoms with E-state index in [0.29, 0.717) is 36.6 Å². The molecule has 1 amide bonds. The molecule has 0 aliphatic heterocycles. The minimum absolute atomic E-state index is 0.0285. The first-order chi connectivity index (χ1) is 9.70.